The minimum Gasteiger partial charge on any atom is -0.489 e. The van der Waals surface area contributed by atoms with E-state index in [2.05, 4.69) is 6.07 Å². The number of aliphatic hydroxyl groups excluding tert-OH is 1. The number of hydrogen-bond donors (Lipinski definition) is 1. The molecule has 1 aliphatic heterocycles. The fraction of sp³-hybridized carbons (Fsp3) is 0.140. The Balaban J connectivity index is 1.10. The summed E-state index contributed by atoms with van der Waals surface area (Å²) in [6.07, 6.45) is -1.81. The molecule has 8 aromatic rings. The van der Waals surface area contributed by atoms with E-state index in [9.17, 15) is 5.11 Å². The molecule has 9 rings (SSSR count). The van der Waals surface area contributed by atoms with Gasteiger partial charge in [-0.2, -0.15) is 0 Å². The molecule has 3 atom stereocenters. The molecule has 59 heavy (non-hydrogen) atoms. The van der Waals surface area contributed by atoms with Crippen LogP contribution in [0.25, 0.3) is 10.2 Å². The number of aliphatic hydroxyl groups is 1. The Kier molecular flexibility index (Phi) is 11.8. The molecule has 1 N–H and O–H groups in total. The number of aromatic nitrogens is 1. The summed E-state index contributed by atoms with van der Waals surface area (Å²) >= 11 is 3.11. The number of thiazole rings is 1. The fourth-order valence-corrected chi connectivity index (χ4v) is 9.45. The molecule has 0 aliphatic carbocycles. The molecule has 1 aliphatic rings. The van der Waals surface area contributed by atoms with Gasteiger partial charge in [0.05, 0.1) is 21.0 Å². The third-order valence-electron chi connectivity index (χ3n) is 9.99. The van der Waals surface area contributed by atoms with Crippen LogP contribution in [-0.2, 0) is 26.4 Å². The predicted molar refractivity (Wildman–Crippen MR) is 234 cm³/mol. The lowest BCUT2D eigenvalue weighted by Crippen LogP contribution is -2.33. The van der Waals surface area contributed by atoms with Crippen molar-refractivity contribution in [3.05, 3.63) is 209 Å². The summed E-state index contributed by atoms with van der Waals surface area (Å²) in [6.45, 7) is 1.39. The van der Waals surface area contributed by atoms with Crippen molar-refractivity contribution in [1.29, 1.82) is 0 Å². The van der Waals surface area contributed by atoms with Gasteiger partial charge < -0.3 is 28.8 Å². The number of nitrogens with zero attached hydrogens (tertiary/aromatic N) is 1. The summed E-state index contributed by atoms with van der Waals surface area (Å²) in [5.41, 5.74) is 6.49. The topological polar surface area (TPSA) is 79.3 Å². The van der Waals surface area contributed by atoms with Crippen LogP contribution in [-0.4, -0.2) is 16.2 Å². The van der Waals surface area contributed by atoms with Gasteiger partial charge in [0.1, 0.15) is 49.8 Å². The third kappa shape index (κ3) is 9.23. The minimum absolute atomic E-state index is 0.319. The zero-order valence-corrected chi connectivity index (χ0v) is 33.7. The lowest BCUT2D eigenvalue weighted by Gasteiger charge is -2.37. The van der Waals surface area contributed by atoms with Crippen molar-refractivity contribution in [1.82, 2.24) is 4.98 Å². The third-order valence-corrected chi connectivity index (χ3v) is 12.4. The number of fused-ring (bicyclic) bond motifs is 2. The summed E-state index contributed by atoms with van der Waals surface area (Å²) in [6, 6.07) is 57.8. The van der Waals surface area contributed by atoms with Crippen molar-refractivity contribution in [3.63, 3.8) is 0 Å². The number of hydrogen-bond acceptors (Lipinski definition) is 9. The summed E-state index contributed by atoms with van der Waals surface area (Å²) < 4.78 is 34.7. The Morgan fingerprint density at radius 3 is 1.66 bits per heavy atom. The van der Waals surface area contributed by atoms with Crippen LogP contribution in [0.4, 0.5) is 0 Å². The van der Waals surface area contributed by atoms with Crippen LogP contribution in [0.5, 0.6) is 28.7 Å². The average Bonchev–Trinajstić information content (AvgIpc) is 3.71. The van der Waals surface area contributed by atoms with Crippen LogP contribution in [0.2, 0.25) is 0 Å². The maximum atomic E-state index is 12.6. The fourth-order valence-electron chi connectivity index (χ4n) is 6.98. The molecule has 7 aromatic carbocycles. The molecule has 2 heterocycles. The highest BCUT2D eigenvalue weighted by Gasteiger charge is 2.42. The number of rotatable bonds is 15. The Morgan fingerprint density at radius 1 is 0.542 bits per heavy atom. The molecule has 0 unspecified atom stereocenters. The summed E-state index contributed by atoms with van der Waals surface area (Å²) in [4.78, 5) is 4.97. The molecule has 294 valence electrons. The first-order chi connectivity index (χ1) is 29.1. The molecule has 0 fully saturated rings. The van der Waals surface area contributed by atoms with Gasteiger partial charge in [0.2, 0.25) is 0 Å². The zero-order chi connectivity index (χ0) is 39.8. The van der Waals surface area contributed by atoms with Gasteiger partial charge in [0.25, 0.3) is 0 Å². The van der Waals surface area contributed by atoms with Gasteiger partial charge in [-0.25, -0.2) is 4.98 Å². The molecule has 0 saturated heterocycles. The van der Waals surface area contributed by atoms with Crippen molar-refractivity contribution < 1.29 is 28.8 Å². The molecule has 0 bridgehead atoms. The summed E-state index contributed by atoms with van der Waals surface area (Å²) in [7, 11) is 0. The maximum Gasteiger partial charge on any atom is 0.162 e. The Morgan fingerprint density at radius 2 is 1.07 bits per heavy atom. The number of ether oxygens (including phenoxy) is 5. The van der Waals surface area contributed by atoms with Crippen molar-refractivity contribution in [2.75, 3.05) is 0 Å². The van der Waals surface area contributed by atoms with Gasteiger partial charge in [0, 0.05) is 12.1 Å². The van der Waals surface area contributed by atoms with E-state index in [-0.39, 0.29) is 0 Å². The second kappa shape index (κ2) is 18.1. The summed E-state index contributed by atoms with van der Waals surface area (Å²) in [5.74, 6) is 2.86. The van der Waals surface area contributed by atoms with Crippen molar-refractivity contribution in [2.45, 2.75) is 48.2 Å². The first kappa shape index (κ1) is 38.3. The van der Waals surface area contributed by atoms with Gasteiger partial charge in [0.15, 0.2) is 21.9 Å². The minimum atomic E-state index is -1.02. The highest BCUT2D eigenvalue weighted by atomic mass is 32.2. The highest BCUT2D eigenvalue weighted by Crippen LogP contribution is 2.55. The molecule has 9 heteroatoms. The zero-order valence-electron chi connectivity index (χ0n) is 32.1. The standard InChI is InChI=1S/C50H41NO6S2/c52-47-48(38-25-26-41(54-31-35-17-7-2-8-18-35)42(27-38)55-32-36-19-9-3-10-20-36)57-44-29-39(53-30-34-15-5-1-6-16-34)28-43(56-33-37-21-11-4-12-22-37)46(44)49(47)59-50-51-40-23-13-14-24-45(40)58-50/h1-29,47-49,52H,30-33H2/t47-,48+,49-/m0/s1. The number of benzene rings is 7. The van der Waals surface area contributed by atoms with Gasteiger partial charge >= 0.3 is 0 Å². The van der Waals surface area contributed by atoms with Crippen molar-refractivity contribution >= 4 is 33.3 Å². The lowest BCUT2D eigenvalue weighted by atomic mass is 9.93. The SMILES string of the molecule is O[C@H]1[C@@H](c2ccc(OCc3ccccc3)c(OCc3ccccc3)c2)Oc2cc(OCc3ccccc3)cc(OCc3ccccc3)c2[C@@H]1Sc1nc2ccccc2s1. The summed E-state index contributed by atoms with van der Waals surface area (Å²) in [5, 5.41) is 12.1. The first-order valence-electron chi connectivity index (χ1n) is 19.5. The lowest BCUT2D eigenvalue weighted by molar-refractivity contribution is 0.0170. The second-order valence-electron chi connectivity index (χ2n) is 14.2. The highest BCUT2D eigenvalue weighted by molar-refractivity contribution is 8.01. The maximum absolute atomic E-state index is 12.6. The Bertz CT molecular complexity index is 2570. The molecule has 0 saturated carbocycles. The molecule has 0 spiro atoms. The van der Waals surface area contributed by atoms with E-state index in [0.717, 1.165) is 47.9 Å². The van der Waals surface area contributed by atoms with Gasteiger partial charge in [-0.1, -0.05) is 151 Å². The molecular weight excluding hydrogens is 775 g/mol. The Labute approximate surface area is 351 Å². The van der Waals surface area contributed by atoms with E-state index in [1.807, 2.05) is 170 Å². The van der Waals surface area contributed by atoms with E-state index < -0.39 is 17.5 Å². The van der Waals surface area contributed by atoms with Crippen LogP contribution in [0.1, 0.15) is 44.7 Å². The monoisotopic (exact) mass is 815 g/mol. The Hall–Kier alpha value is -6.26. The second-order valence-corrected chi connectivity index (χ2v) is 16.6. The number of thioether (sulfide) groups is 1. The van der Waals surface area contributed by atoms with E-state index >= 15 is 0 Å². The van der Waals surface area contributed by atoms with E-state index in [1.165, 1.54) is 11.8 Å². The molecular formula is C50H41NO6S2. The van der Waals surface area contributed by atoms with Crippen LogP contribution >= 0.6 is 23.1 Å². The van der Waals surface area contributed by atoms with Crippen molar-refractivity contribution in [3.8, 4) is 28.7 Å². The van der Waals surface area contributed by atoms with Crippen LogP contribution in [0.3, 0.4) is 0 Å². The largest absolute Gasteiger partial charge is 0.489 e. The van der Waals surface area contributed by atoms with Gasteiger partial charge in [-0.05, 0) is 52.1 Å². The average molecular weight is 816 g/mol. The van der Waals surface area contributed by atoms with E-state index in [0.29, 0.717) is 55.2 Å². The number of para-hydroxylation sites is 1. The van der Waals surface area contributed by atoms with E-state index in [4.69, 9.17) is 28.7 Å². The van der Waals surface area contributed by atoms with Crippen molar-refractivity contribution in [2.24, 2.45) is 0 Å². The quantitative estimate of drug-likeness (QED) is 0.110. The molecule has 0 amide bonds. The first-order valence-corrected chi connectivity index (χ1v) is 21.2. The van der Waals surface area contributed by atoms with Crippen LogP contribution in [0.15, 0.2) is 180 Å². The van der Waals surface area contributed by atoms with Crippen LogP contribution < -0.4 is 23.7 Å². The predicted octanol–water partition coefficient (Wildman–Crippen LogP) is 11.9. The smallest absolute Gasteiger partial charge is 0.162 e. The molecule has 0 radical (unpaired) electrons. The van der Waals surface area contributed by atoms with Crippen LogP contribution in [0, 0.1) is 0 Å². The molecule has 1 aromatic heterocycles. The van der Waals surface area contributed by atoms with E-state index in [1.54, 1.807) is 11.3 Å². The normalized spacial score (nSPS) is 15.8. The molecule has 7 nitrogen and oxygen atoms in total. The van der Waals surface area contributed by atoms with Gasteiger partial charge in [-0.3, -0.25) is 0 Å². The van der Waals surface area contributed by atoms with Gasteiger partial charge in [-0.15, -0.1) is 11.3 Å².